The van der Waals surface area contributed by atoms with Crippen molar-refractivity contribution in [1.82, 2.24) is 25.0 Å². The lowest BCUT2D eigenvalue weighted by atomic mass is 9.98. The Bertz CT molecular complexity index is 1070. The molecule has 0 saturated heterocycles. The lowest BCUT2D eigenvalue weighted by Gasteiger charge is -2.31. The molecule has 0 radical (unpaired) electrons. The highest BCUT2D eigenvalue weighted by atomic mass is 16.1. The molecule has 0 bridgehead atoms. The van der Waals surface area contributed by atoms with Gasteiger partial charge in [-0.05, 0) is 50.8 Å². The lowest BCUT2D eigenvalue weighted by molar-refractivity contribution is 0.0963. The number of nitrogens with zero attached hydrogens (tertiary/aromatic N) is 4. The Morgan fingerprint density at radius 3 is 2.48 bits per heavy atom. The maximum Gasteiger partial charge on any atom is 0.276 e. The van der Waals surface area contributed by atoms with Gasteiger partial charge in [-0.2, -0.15) is 5.10 Å². The van der Waals surface area contributed by atoms with Gasteiger partial charge < -0.3 is 15.5 Å². The average Bonchev–Trinajstić information content (AvgIpc) is 2.71. The Labute approximate surface area is 169 Å². The number of pyridine rings is 1. The average molecular weight is 394 g/mol. The van der Waals surface area contributed by atoms with Crippen LogP contribution in [0.15, 0.2) is 47.4 Å². The third-order valence-electron chi connectivity index (χ3n) is 4.94. The zero-order valence-electron chi connectivity index (χ0n) is 17.3. The van der Waals surface area contributed by atoms with E-state index in [2.05, 4.69) is 32.5 Å². The fourth-order valence-electron chi connectivity index (χ4n) is 3.59. The maximum atomic E-state index is 12.3. The molecule has 0 fully saturated rings. The summed E-state index contributed by atoms with van der Waals surface area (Å²) >= 11 is 0. The molecule has 0 spiro atoms. The van der Waals surface area contributed by atoms with Crippen LogP contribution in [0.2, 0.25) is 0 Å². The number of rotatable bonds is 6. The van der Waals surface area contributed by atoms with Crippen LogP contribution >= 0.6 is 0 Å². The van der Waals surface area contributed by atoms with Gasteiger partial charge >= 0.3 is 0 Å². The summed E-state index contributed by atoms with van der Waals surface area (Å²) in [5, 5.41) is 11.0. The first-order valence-corrected chi connectivity index (χ1v) is 9.40. The minimum atomic E-state index is -0.180. The van der Waals surface area contributed by atoms with Crippen molar-refractivity contribution in [2.45, 2.75) is 19.0 Å². The first-order chi connectivity index (χ1) is 13.8. The van der Waals surface area contributed by atoms with Crippen molar-refractivity contribution in [2.75, 3.05) is 26.5 Å². The molecule has 0 aliphatic rings. The number of aromatic nitrogens is 3. The zero-order chi connectivity index (χ0) is 21.1. The summed E-state index contributed by atoms with van der Waals surface area (Å²) in [6, 6.07) is 11.0. The first kappa shape index (κ1) is 20.5. The van der Waals surface area contributed by atoms with Gasteiger partial charge in [0.25, 0.3) is 11.5 Å². The normalized spacial score (nSPS) is 13.3. The van der Waals surface area contributed by atoms with Gasteiger partial charge in [0.05, 0.1) is 11.4 Å². The second-order valence-corrected chi connectivity index (χ2v) is 7.22. The fraction of sp³-hybridized carbons (Fsp3) is 0.333. The molecule has 152 valence electrons. The van der Waals surface area contributed by atoms with E-state index in [1.54, 1.807) is 32.4 Å². The zero-order valence-corrected chi connectivity index (χ0v) is 17.3. The van der Waals surface area contributed by atoms with E-state index >= 15 is 0 Å². The molecule has 0 aliphatic heterocycles. The molecule has 1 aromatic carbocycles. The number of amides is 1. The number of benzene rings is 1. The van der Waals surface area contributed by atoms with Crippen molar-refractivity contribution in [1.29, 1.82) is 0 Å². The highest BCUT2D eigenvalue weighted by Crippen LogP contribution is 2.26. The quantitative estimate of drug-likeness (QED) is 0.662. The van der Waals surface area contributed by atoms with Gasteiger partial charge in [0.1, 0.15) is 5.52 Å². The van der Waals surface area contributed by atoms with Gasteiger partial charge in [-0.25, -0.2) is 4.68 Å². The van der Waals surface area contributed by atoms with E-state index in [1.165, 1.54) is 4.68 Å². The molecule has 8 nitrogen and oxygen atoms in total. The summed E-state index contributed by atoms with van der Waals surface area (Å²) < 4.78 is 1.32. The van der Waals surface area contributed by atoms with Crippen LogP contribution in [-0.4, -0.2) is 52.8 Å². The minimum Gasteiger partial charge on any atom is -0.362 e. The Kier molecular flexibility index (Phi) is 5.93. The fourth-order valence-corrected chi connectivity index (χ4v) is 3.59. The van der Waals surface area contributed by atoms with Crippen LogP contribution in [0.4, 0.5) is 5.82 Å². The topological polar surface area (TPSA) is 92.2 Å². The van der Waals surface area contributed by atoms with E-state index in [0.717, 1.165) is 5.56 Å². The molecule has 1 unspecified atom stereocenters. The summed E-state index contributed by atoms with van der Waals surface area (Å²) in [7, 11) is 7.25. The van der Waals surface area contributed by atoms with Crippen molar-refractivity contribution in [3.8, 4) is 0 Å². The number of anilines is 1. The van der Waals surface area contributed by atoms with Crippen LogP contribution in [0.5, 0.6) is 0 Å². The van der Waals surface area contributed by atoms with E-state index in [0.29, 0.717) is 22.3 Å². The molecule has 3 rings (SSSR count). The van der Waals surface area contributed by atoms with Gasteiger partial charge in [0, 0.05) is 31.9 Å². The van der Waals surface area contributed by atoms with Gasteiger partial charge in [-0.3, -0.25) is 14.6 Å². The third kappa shape index (κ3) is 4.12. The van der Waals surface area contributed by atoms with Gasteiger partial charge in [-0.15, -0.1) is 0 Å². The first-order valence-electron chi connectivity index (χ1n) is 9.40. The van der Waals surface area contributed by atoms with Gasteiger partial charge in [0.2, 0.25) is 0 Å². The molecule has 8 heteroatoms. The van der Waals surface area contributed by atoms with Gasteiger partial charge in [-0.1, -0.05) is 12.1 Å². The number of aryl methyl sites for hydroxylation is 1. The number of likely N-dealkylation sites (N-methyl/N-ethyl adjacent to an activating group) is 1. The molecule has 29 heavy (non-hydrogen) atoms. The van der Waals surface area contributed by atoms with Crippen LogP contribution < -0.4 is 16.2 Å². The maximum absolute atomic E-state index is 12.3. The number of hydrogen-bond acceptors (Lipinski definition) is 6. The Balaban J connectivity index is 1.94. The van der Waals surface area contributed by atoms with Crippen molar-refractivity contribution < 1.29 is 4.79 Å². The predicted octanol–water partition coefficient (Wildman–Crippen LogP) is 1.79. The number of fused-ring (bicyclic) bond motifs is 1. The third-order valence-corrected chi connectivity index (χ3v) is 4.94. The van der Waals surface area contributed by atoms with Crippen LogP contribution in [0.3, 0.4) is 0 Å². The molecule has 1 amide bonds. The Morgan fingerprint density at radius 1 is 1.17 bits per heavy atom. The van der Waals surface area contributed by atoms with Crippen LogP contribution in [0.1, 0.15) is 28.9 Å². The molecule has 3 aromatic rings. The summed E-state index contributed by atoms with van der Waals surface area (Å²) in [5.41, 5.74) is 2.05. The van der Waals surface area contributed by atoms with E-state index in [-0.39, 0.29) is 23.6 Å². The van der Waals surface area contributed by atoms with Crippen LogP contribution in [0, 0.1) is 0 Å². The van der Waals surface area contributed by atoms with E-state index < -0.39 is 0 Å². The molecule has 0 aliphatic carbocycles. The molecule has 0 saturated carbocycles. The number of carbonyl (C=O) groups is 1. The SMILES string of the molecule is CNC(=O)c1ccc(C([C@H](C)Nc2nn(C)c(=O)c3cccnc23)N(C)C)cc1. The summed E-state index contributed by atoms with van der Waals surface area (Å²) in [4.78, 5) is 30.6. The molecular weight excluding hydrogens is 368 g/mol. The smallest absolute Gasteiger partial charge is 0.276 e. The largest absolute Gasteiger partial charge is 0.362 e. The van der Waals surface area contributed by atoms with Crippen molar-refractivity contribution in [3.05, 3.63) is 64.1 Å². The predicted molar refractivity (Wildman–Crippen MR) is 114 cm³/mol. The summed E-state index contributed by atoms with van der Waals surface area (Å²) in [6.07, 6.45) is 1.65. The van der Waals surface area contributed by atoms with Crippen molar-refractivity contribution >= 4 is 22.6 Å². The van der Waals surface area contributed by atoms with Crippen molar-refractivity contribution in [2.24, 2.45) is 7.05 Å². The standard InChI is InChI=1S/C21H26N6O2/c1-13(18(26(3)4)14-8-10-15(11-9-14)20(28)22-2)24-19-17-16(7-6-12-23-17)21(29)27(5)25-19/h6-13,18H,1-5H3,(H,22,28)(H,24,25)/t13-,18?/m0/s1. The van der Waals surface area contributed by atoms with Gasteiger partial charge in [0.15, 0.2) is 5.82 Å². The number of carbonyl (C=O) groups excluding carboxylic acids is 1. The Morgan fingerprint density at radius 2 is 1.86 bits per heavy atom. The second-order valence-electron chi connectivity index (χ2n) is 7.22. The number of nitrogens with one attached hydrogen (secondary N) is 2. The summed E-state index contributed by atoms with van der Waals surface area (Å²) in [6.45, 7) is 2.05. The molecule has 2 N–H and O–H groups in total. The molecule has 2 aromatic heterocycles. The van der Waals surface area contributed by atoms with E-state index in [1.807, 2.05) is 38.4 Å². The molecule has 2 atom stereocenters. The molecule has 2 heterocycles. The van der Waals surface area contributed by atoms with E-state index in [9.17, 15) is 9.59 Å². The van der Waals surface area contributed by atoms with Crippen molar-refractivity contribution in [3.63, 3.8) is 0 Å². The number of hydrogen-bond donors (Lipinski definition) is 2. The molecular formula is C21H26N6O2. The summed E-state index contributed by atoms with van der Waals surface area (Å²) in [5.74, 6) is 0.445. The second kappa shape index (κ2) is 8.40. The lowest BCUT2D eigenvalue weighted by Crippen LogP contribution is -2.35. The highest BCUT2D eigenvalue weighted by Gasteiger charge is 2.23. The van der Waals surface area contributed by atoms with E-state index in [4.69, 9.17) is 0 Å². The Hall–Kier alpha value is -3.26. The van der Waals surface area contributed by atoms with Crippen LogP contribution in [-0.2, 0) is 7.05 Å². The minimum absolute atomic E-state index is 0.00605. The van der Waals surface area contributed by atoms with Crippen LogP contribution in [0.25, 0.3) is 10.9 Å². The monoisotopic (exact) mass is 394 g/mol. The highest BCUT2D eigenvalue weighted by molar-refractivity contribution is 5.94.